The van der Waals surface area contributed by atoms with Gasteiger partial charge in [0.05, 0.1) is 5.56 Å². The van der Waals surface area contributed by atoms with Crippen LogP contribution in [0.15, 0.2) is 48.7 Å². The maximum atomic E-state index is 12.1. The number of fused-ring (bicyclic) bond motifs is 1. The third kappa shape index (κ3) is 3.68. The molecule has 3 rings (SSSR count). The first kappa shape index (κ1) is 16.7. The molecule has 0 bridgehead atoms. The quantitative estimate of drug-likeness (QED) is 0.392. The highest BCUT2D eigenvalue weighted by atomic mass is 16.6. The van der Waals surface area contributed by atoms with Crippen LogP contribution in [0, 0.1) is 6.92 Å². The normalized spacial score (nSPS) is 10.6. The number of Topliss-reactive ketones (excluding diaryl/α,β-unsaturated/α-hetero) is 1. The lowest BCUT2D eigenvalue weighted by Gasteiger charge is -2.09. The maximum Gasteiger partial charge on any atom is 0.358 e. The highest BCUT2D eigenvalue weighted by Crippen LogP contribution is 2.18. The second-order valence-electron chi connectivity index (χ2n) is 5.56. The van der Waals surface area contributed by atoms with E-state index in [0.29, 0.717) is 17.0 Å². The van der Waals surface area contributed by atoms with Crippen LogP contribution in [0.4, 0.5) is 0 Å². The summed E-state index contributed by atoms with van der Waals surface area (Å²) in [6.07, 6.45) is 1.65. The summed E-state index contributed by atoms with van der Waals surface area (Å²) in [4.78, 5) is 27.9. The van der Waals surface area contributed by atoms with Crippen LogP contribution >= 0.6 is 0 Å². The van der Waals surface area contributed by atoms with Crippen molar-refractivity contribution in [3.05, 3.63) is 65.6 Å². The van der Waals surface area contributed by atoms with Gasteiger partial charge in [0.15, 0.2) is 11.5 Å². The highest BCUT2D eigenvalue weighted by molar-refractivity contribution is 5.96. The number of aromatic nitrogens is 2. The first-order chi connectivity index (χ1) is 12.1. The van der Waals surface area contributed by atoms with Gasteiger partial charge < -0.3 is 13.9 Å². The van der Waals surface area contributed by atoms with Gasteiger partial charge in [-0.15, -0.1) is 0 Å². The van der Waals surface area contributed by atoms with Gasteiger partial charge in [-0.2, -0.15) is 0 Å². The van der Waals surface area contributed by atoms with Crippen molar-refractivity contribution in [2.75, 3.05) is 13.2 Å². The minimum absolute atomic E-state index is 0.0674. The number of carbonyl (C=O) groups excluding carboxylic acids is 2. The van der Waals surface area contributed by atoms with Crippen molar-refractivity contribution in [2.45, 2.75) is 13.8 Å². The van der Waals surface area contributed by atoms with Crippen molar-refractivity contribution in [3.8, 4) is 5.75 Å². The SMILES string of the molecule is CC(=O)c1ccccc1OCCOC(=O)c1cn2c(C)cccc2n1. The van der Waals surface area contributed by atoms with Crippen LogP contribution in [0.1, 0.15) is 33.5 Å². The molecular weight excluding hydrogens is 320 g/mol. The minimum atomic E-state index is -0.508. The number of ether oxygens (including phenoxy) is 2. The number of imidazole rings is 1. The van der Waals surface area contributed by atoms with Crippen LogP contribution in [0.5, 0.6) is 5.75 Å². The van der Waals surface area contributed by atoms with Crippen LogP contribution in [-0.2, 0) is 4.74 Å². The molecule has 6 nitrogen and oxygen atoms in total. The zero-order valence-electron chi connectivity index (χ0n) is 14.1. The third-order valence-corrected chi connectivity index (χ3v) is 3.75. The van der Waals surface area contributed by atoms with Crippen molar-refractivity contribution < 1.29 is 19.1 Å². The molecule has 3 aromatic rings. The summed E-state index contributed by atoms with van der Waals surface area (Å²) in [5.41, 5.74) is 2.43. The number of esters is 1. The van der Waals surface area contributed by atoms with E-state index < -0.39 is 5.97 Å². The number of hydrogen-bond acceptors (Lipinski definition) is 5. The lowest BCUT2D eigenvalue weighted by Crippen LogP contribution is -2.13. The zero-order valence-corrected chi connectivity index (χ0v) is 14.1. The topological polar surface area (TPSA) is 69.9 Å². The fraction of sp³-hybridized carbons (Fsp3) is 0.211. The van der Waals surface area contributed by atoms with E-state index >= 15 is 0 Å². The Bertz CT molecular complexity index is 930. The Hall–Kier alpha value is -3.15. The lowest BCUT2D eigenvalue weighted by molar-refractivity contribution is 0.0443. The van der Waals surface area contributed by atoms with E-state index in [1.54, 1.807) is 30.5 Å². The van der Waals surface area contributed by atoms with Gasteiger partial charge in [0.25, 0.3) is 0 Å². The van der Waals surface area contributed by atoms with E-state index in [9.17, 15) is 9.59 Å². The number of pyridine rings is 1. The summed E-state index contributed by atoms with van der Waals surface area (Å²) in [5, 5.41) is 0. The molecule has 0 aliphatic rings. The summed E-state index contributed by atoms with van der Waals surface area (Å²) >= 11 is 0. The molecule has 0 N–H and O–H groups in total. The van der Waals surface area contributed by atoms with Crippen LogP contribution in [-0.4, -0.2) is 34.4 Å². The fourth-order valence-electron chi connectivity index (χ4n) is 2.49. The van der Waals surface area contributed by atoms with Gasteiger partial charge in [-0.3, -0.25) is 4.79 Å². The molecule has 1 aromatic carbocycles. The Morgan fingerprint density at radius 3 is 2.64 bits per heavy atom. The predicted octanol–water partition coefficient (Wildman–Crippen LogP) is 3.08. The summed E-state index contributed by atoms with van der Waals surface area (Å²) in [7, 11) is 0. The summed E-state index contributed by atoms with van der Waals surface area (Å²) in [6.45, 7) is 3.64. The molecule has 0 saturated heterocycles. The first-order valence-corrected chi connectivity index (χ1v) is 7.91. The van der Waals surface area contributed by atoms with E-state index in [1.807, 2.05) is 29.5 Å². The number of nitrogens with zero attached hydrogens (tertiary/aromatic N) is 2. The Labute approximate surface area is 145 Å². The predicted molar refractivity (Wildman–Crippen MR) is 92.2 cm³/mol. The first-order valence-electron chi connectivity index (χ1n) is 7.91. The van der Waals surface area contributed by atoms with Crippen molar-refractivity contribution >= 4 is 17.4 Å². The number of ketones is 1. The molecule has 0 aliphatic heterocycles. The van der Waals surface area contributed by atoms with Gasteiger partial charge in [-0.05, 0) is 38.1 Å². The molecule has 0 unspecified atom stereocenters. The van der Waals surface area contributed by atoms with Gasteiger partial charge in [0.1, 0.15) is 24.6 Å². The summed E-state index contributed by atoms with van der Waals surface area (Å²) in [5.74, 6) is -0.103. The number of hydrogen-bond donors (Lipinski definition) is 0. The average molecular weight is 338 g/mol. The number of aryl methyl sites for hydroxylation is 1. The molecule has 0 aliphatic carbocycles. The molecule has 2 heterocycles. The molecular formula is C19H18N2O4. The van der Waals surface area contributed by atoms with Crippen LogP contribution < -0.4 is 4.74 Å². The van der Waals surface area contributed by atoms with E-state index in [-0.39, 0.29) is 24.7 Å². The molecule has 0 amide bonds. The van der Waals surface area contributed by atoms with E-state index in [4.69, 9.17) is 9.47 Å². The van der Waals surface area contributed by atoms with Gasteiger partial charge in [0, 0.05) is 11.9 Å². The van der Waals surface area contributed by atoms with Crippen LogP contribution in [0.25, 0.3) is 5.65 Å². The maximum absolute atomic E-state index is 12.1. The number of rotatable bonds is 6. The van der Waals surface area contributed by atoms with Crippen LogP contribution in [0.2, 0.25) is 0 Å². The summed E-state index contributed by atoms with van der Waals surface area (Å²) in [6, 6.07) is 12.6. The molecule has 128 valence electrons. The Morgan fingerprint density at radius 1 is 1.08 bits per heavy atom. The van der Waals surface area contributed by atoms with E-state index in [1.165, 1.54) is 6.92 Å². The van der Waals surface area contributed by atoms with E-state index in [0.717, 1.165) is 5.69 Å². The van der Waals surface area contributed by atoms with Crippen molar-refractivity contribution in [2.24, 2.45) is 0 Å². The van der Waals surface area contributed by atoms with Gasteiger partial charge in [-0.25, -0.2) is 9.78 Å². The Morgan fingerprint density at radius 2 is 1.88 bits per heavy atom. The molecule has 0 spiro atoms. The average Bonchev–Trinajstić information content (AvgIpc) is 3.04. The monoisotopic (exact) mass is 338 g/mol. The van der Waals surface area contributed by atoms with E-state index in [2.05, 4.69) is 4.98 Å². The lowest BCUT2D eigenvalue weighted by atomic mass is 10.1. The molecule has 2 aromatic heterocycles. The molecule has 0 saturated carbocycles. The summed E-state index contributed by atoms with van der Waals surface area (Å²) < 4.78 is 12.6. The largest absolute Gasteiger partial charge is 0.489 e. The third-order valence-electron chi connectivity index (χ3n) is 3.75. The van der Waals surface area contributed by atoms with Gasteiger partial charge >= 0.3 is 5.97 Å². The van der Waals surface area contributed by atoms with Crippen molar-refractivity contribution in [1.82, 2.24) is 9.38 Å². The Kier molecular flexibility index (Phi) is 4.79. The molecule has 25 heavy (non-hydrogen) atoms. The van der Waals surface area contributed by atoms with Crippen LogP contribution in [0.3, 0.4) is 0 Å². The molecule has 0 fully saturated rings. The molecule has 0 radical (unpaired) electrons. The fourth-order valence-corrected chi connectivity index (χ4v) is 2.49. The molecule has 0 atom stereocenters. The number of para-hydroxylation sites is 1. The van der Waals surface area contributed by atoms with Crippen molar-refractivity contribution in [1.29, 1.82) is 0 Å². The number of benzene rings is 1. The standard InChI is InChI=1S/C19H18N2O4/c1-13-6-5-9-18-20-16(12-21(13)18)19(23)25-11-10-24-17-8-4-3-7-15(17)14(2)22/h3-9,12H,10-11H2,1-2H3. The molecule has 6 heteroatoms. The van der Waals surface area contributed by atoms with Crippen molar-refractivity contribution in [3.63, 3.8) is 0 Å². The smallest absolute Gasteiger partial charge is 0.358 e. The second kappa shape index (κ2) is 7.17. The Balaban J connectivity index is 1.58. The van der Waals surface area contributed by atoms with Gasteiger partial charge in [-0.1, -0.05) is 18.2 Å². The highest BCUT2D eigenvalue weighted by Gasteiger charge is 2.13. The zero-order chi connectivity index (χ0) is 17.8. The minimum Gasteiger partial charge on any atom is -0.489 e. The van der Waals surface area contributed by atoms with Gasteiger partial charge in [0.2, 0.25) is 0 Å². The number of carbonyl (C=O) groups is 2. The second-order valence-corrected chi connectivity index (χ2v) is 5.56.